The zero-order valence-corrected chi connectivity index (χ0v) is 13.3. The minimum absolute atomic E-state index is 0.0168. The highest BCUT2D eigenvalue weighted by Gasteiger charge is 2.17. The van der Waals surface area contributed by atoms with Gasteiger partial charge in [-0.25, -0.2) is 0 Å². The number of amides is 2. The Morgan fingerprint density at radius 1 is 1.39 bits per heavy atom. The number of halogens is 1. The third-order valence-electron chi connectivity index (χ3n) is 3.09. The number of H-pyrrole nitrogens is 1. The van der Waals surface area contributed by atoms with Crippen molar-refractivity contribution < 1.29 is 14.3 Å². The number of aromatic amines is 1. The fraction of sp³-hybridized carbons (Fsp3) is 0.267. The Kier molecular flexibility index (Phi) is 5.59. The first kappa shape index (κ1) is 16.8. The van der Waals surface area contributed by atoms with Crippen LogP contribution in [0.3, 0.4) is 0 Å². The van der Waals surface area contributed by atoms with Gasteiger partial charge in [-0.1, -0.05) is 23.7 Å². The zero-order valence-electron chi connectivity index (χ0n) is 12.6. The molecule has 8 heteroatoms. The van der Waals surface area contributed by atoms with Crippen molar-refractivity contribution in [3.63, 3.8) is 0 Å². The molecular weight excluding hydrogens is 320 g/mol. The lowest BCUT2D eigenvalue weighted by Gasteiger charge is -2.08. The first-order valence-corrected chi connectivity index (χ1v) is 7.38. The van der Waals surface area contributed by atoms with E-state index in [1.165, 1.54) is 0 Å². The number of nitrogens with one attached hydrogen (secondary N) is 2. The molecule has 122 valence electrons. The number of para-hydroxylation sites is 1. The normalized spacial score (nSPS) is 10.3. The van der Waals surface area contributed by atoms with Crippen LogP contribution in [0.5, 0.6) is 5.75 Å². The van der Waals surface area contributed by atoms with Crippen LogP contribution in [0.4, 0.5) is 5.69 Å². The Balaban J connectivity index is 1.81. The molecule has 0 bridgehead atoms. The molecule has 0 aliphatic heterocycles. The number of primary amides is 1. The van der Waals surface area contributed by atoms with E-state index in [4.69, 9.17) is 22.1 Å². The number of aromatic nitrogens is 2. The summed E-state index contributed by atoms with van der Waals surface area (Å²) in [5.74, 6) is -0.372. The summed E-state index contributed by atoms with van der Waals surface area (Å²) in [7, 11) is 0. The molecule has 7 nitrogen and oxygen atoms in total. The van der Waals surface area contributed by atoms with Gasteiger partial charge < -0.3 is 15.8 Å². The van der Waals surface area contributed by atoms with Crippen LogP contribution < -0.4 is 15.8 Å². The van der Waals surface area contributed by atoms with E-state index < -0.39 is 5.91 Å². The predicted molar refractivity (Wildman–Crippen MR) is 86.7 cm³/mol. The van der Waals surface area contributed by atoms with E-state index >= 15 is 0 Å². The Bertz CT molecular complexity index is 714. The van der Waals surface area contributed by atoms with E-state index in [1.54, 1.807) is 19.1 Å². The van der Waals surface area contributed by atoms with Gasteiger partial charge in [-0.2, -0.15) is 5.10 Å². The minimum Gasteiger partial charge on any atom is -0.492 e. The Morgan fingerprint density at radius 2 is 2.13 bits per heavy atom. The van der Waals surface area contributed by atoms with Gasteiger partial charge in [0.05, 0.1) is 23.0 Å². The smallest absolute Gasteiger partial charge is 0.271 e. The molecule has 2 amide bonds. The highest BCUT2D eigenvalue weighted by molar-refractivity contribution is 6.32. The van der Waals surface area contributed by atoms with Crippen molar-refractivity contribution in [3.8, 4) is 5.75 Å². The molecule has 1 aromatic carbocycles. The van der Waals surface area contributed by atoms with Crippen LogP contribution in [0.25, 0.3) is 0 Å². The molecule has 0 saturated heterocycles. The molecule has 0 fully saturated rings. The molecule has 0 aliphatic carbocycles. The zero-order chi connectivity index (χ0) is 16.8. The molecule has 0 radical (unpaired) electrons. The third kappa shape index (κ3) is 4.46. The molecule has 23 heavy (non-hydrogen) atoms. The van der Waals surface area contributed by atoms with Crippen molar-refractivity contribution >= 4 is 29.1 Å². The molecular formula is C15H17ClN4O3. The summed E-state index contributed by atoms with van der Waals surface area (Å²) >= 11 is 5.97. The van der Waals surface area contributed by atoms with Gasteiger partial charge in [0, 0.05) is 6.42 Å². The standard InChI is InChI=1S/C15H17ClN4O3/c1-9-13(14(15(17)22)20-19-9)18-12(21)7-4-8-23-11-6-3-2-5-10(11)16/h2-3,5-6H,4,7-8H2,1H3,(H2,17,22)(H,18,21)(H,19,20). The number of hydrogen-bond acceptors (Lipinski definition) is 4. The summed E-state index contributed by atoms with van der Waals surface area (Å²) in [6.45, 7) is 2.04. The Labute approximate surface area is 138 Å². The Hall–Kier alpha value is -2.54. The van der Waals surface area contributed by atoms with Gasteiger partial charge in [0.15, 0.2) is 5.69 Å². The molecule has 2 rings (SSSR count). The highest BCUT2D eigenvalue weighted by atomic mass is 35.5. The number of nitrogens with two attached hydrogens (primary N) is 1. The van der Waals surface area contributed by atoms with Crippen LogP contribution in [0.1, 0.15) is 29.0 Å². The molecule has 4 N–H and O–H groups in total. The second kappa shape index (κ2) is 7.64. The number of hydrogen-bond donors (Lipinski definition) is 3. The van der Waals surface area contributed by atoms with Crippen LogP contribution in [0.15, 0.2) is 24.3 Å². The number of ether oxygens (including phenoxy) is 1. The van der Waals surface area contributed by atoms with E-state index in [0.29, 0.717) is 35.2 Å². The van der Waals surface area contributed by atoms with Crippen LogP contribution in [0.2, 0.25) is 5.02 Å². The average molecular weight is 337 g/mol. The monoisotopic (exact) mass is 336 g/mol. The lowest BCUT2D eigenvalue weighted by Crippen LogP contribution is -2.18. The van der Waals surface area contributed by atoms with Gasteiger partial charge in [-0.3, -0.25) is 14.7 Å². The number of anilines is 1. The van der Waals surface area contributed by atoms with E-state index in [1.807, 2.05) is 12.1 Å². The quantitative estimate of drug-likeness (QED) is 0.673. The summed E-state index contributed by atoms with van der Waals surface area (Å²) in [4.78, 5) is 23.2. The second-order valence-electron chi connectivity index (χ2n) is 4.87. The summed E-state index contributed by atoms with van der Waals surface area (Å²) in [5.41, 5.74) is 6.10. The van der Waals surface area contributed by atoms with Gasteiger partial charge >= 0.3 is 0 Å². The number of carbonyl (C=O) groups excluding carboxylic acids is 2. The number of carbonyl (C=O) groups is 2. The summed E-state index contributed by atoms with van der Waals surface area (Å²) < 4.78 is 5.50. The average Bonchev–Trinajstić information content (AvgIpc) is 2.86. The van der Waals surface area contributed by atoms with Gasteiger partial charge in [0.25, 0.3) is 5.91 Å². The molecule has 0 saturated carbocycles. The topological polar surface area (TPSA) is 110 Å². The summed E-state index contributed by atoms with van der Waals surface area (Å²) in [6.07, 6.45) is 0.729. The van der Waals surface area contributed by atoms with Gasteiger partial charge in [0.2, 0.25) is 5.91 Å². The lowest BCUT2D eigenvalue weighted by molar-refractivity contribution is -0.116. The van der Waals surface area contributed by atoms with Crippen molar-refractivity contribution in [3.05, 3.63) is 40.7 Å². The van der Waals surface area contributed by atoms with Gasteiger partial charge in [-0.05, 0) is 25.5 Å². The molecule has 0 aliphatic rings. The van der Waals surface area contributed by atoms with Crippen molar-refractivity contribution in [2.75, 3.05) is 11.9 Å². The van der Waals surface area contributed by atoms with Crippen LogP contribution in [-0.2, 0) is 4.79 Å². The minimum atomic E-state index is -0.702. The second-order valence-corrected chi connectivity index (χ2v) is 5.27. The molecule has 0 spiro atoms. The van der Waals surface area contributed by atoms with E-state index in [9.17, 15) is 9.59 Å². The number of rotatable bonds is 7. The lowest BCUT2D eigenvalue weighted by atomic mass is 10.2. The number of aryl methyl sites for hydroxylation is 1. The molecule has 2 aromatic rings. The largest absolute Gasteiger partial charge is 0.492 e. The van der Waals surface area contributed by atoms with Gasteiger partial charge in [-0.15, -0.1) is 0 Å². The van der Waals surface area contributed by atoms with E-state index in [2.05, 4.69) is 15.5 Å². The molecule has 1 heterocycles. The van der Waals surface area contributed by atoms with Crippen LogP contribution >= 0.6 is 11.6 Å². The number of benzene rings is 1. The first-order valence-electron chi connectivity index (χ1n) is 7.01. The number of nitrogens with zero attached hydrogens (tertiary/aromatic N) is 1. The van der Waals surface area contributed by atoms with E-state index in [0.717, 1.165) is 0 Å². The Morgan fingerprint density at radius 3 is 2.83 bits per heavy atom. The highest BCUT2D eigenvalue weighted by Crippen LogP contribution is 2.23. The first-order chi connectivity index (χ1) is 11.0. The van der Waals surface area contributed by atoms with Crippen molar-refractivity contribution in [2.24, 2.45) is 5.73 Å². The van der Waals surface area contributed by atoms with Crippen molar-refractivity contribution in [1.29, 1.82) is 0 Å². The molecule has 0 unspecified atom stereocenters. The maximum Gasteiger partial charge on any atom is 0.271 e. The van der Waals surface area contributed by atoms with Crippen molar-refractivity contribution in [1.82, 2.24) is 10.2 Å². The summed E-state index contributed by atoms with van der Waals surface area (Å²) in [6, 6.07) is 7.13. The van der Waals surface area contributed by atoms with Crippen molar-refractivity contribution in [2.45, 2.75) is 19.8 Å². The van der Waals surface area contributed by atoms with Crippen LogP contribution in [-0.4, -0.2) is 28.6 Å². The predicted octanol–water partition coefficient (Wildman–Crippen LogP) is 2.27. The molecule has 0 atom stereocenters. The molecule has 1 aromatic heterocycles. The fourth-order valence-corrected chi connectivity index (χ4v) is 2.13. The van der Waals surface area contributed by atoms with Crippen LogP contribution in [0, 0.1) is 6.92 Å². The fourth-order valence-electron chi connectivity index (χ4n) is 1.94. The summed E-state index contributed by atoms with van der Waals surface area (Å²) in [5, 5.41) is 9.53. The van der Waals surface area contributed by atoms with Gasteiger partial charge in [0.1, 0.15) is 5.75 Å². The maximum atomic E-state index is 11.9. The third-order valence-corrected chi connectivity index (χ3v) is 3.40. The van der Waals surface area contributed by atoms with E-state index in [-0.39, 0.29) is 18.0 Å². The maximum absolute atomic E-state index is 11.9. The SMILES string of the molecule is Cc1[nH]nc(C(N)=O)c1NC(=O)CCCOc1ccccc1Cl.